The zero-order valence-corrected chi connectivity index (χ0v) is 15.7. The minimum absolute atomic E-state index is 0.0567. The number of benzene rings is 1. The lowest BCUT2D eigenvalue weighted by Crippen LogP contribution is -2.30. The van der Waals surface area contributed by atoms with Gasteiger partial charge in [-0.05, 0) is 43.4 Å². The summed E-state index contributed by atoms with van der Waals surface area (Å²) in [6, 6.07) is 8.14. The van der Waals surface area contributed by atoms with Crippen LogP contribution in [0.5, 0.6) is 0 Å². The van der Waals surface area contributed by atoms with E-state index in [1.807, 2.05) is 32.0 Å². The van der Waals surface area contributed by atoms with Gasteiger partial charge in [-0.2, -0.15) is 0 Å². The average molecular weight is 367 g/mol. The molecule has 2 heterocycles. The predicted octanol–water partition coefficient (Wildman–Crippen LogP) is 2.99. The maximum Gasteiger partial charge on any atom is 0.259 e. The third kappa shape index (κ3) is 2.94. The van der Waals surface area contributed by atoms with Crippen LogP contribution in [0.25, 0.3) is 10.2 Å². The Morgan fingerprint density at radius 1 is 1.35 bits per heavy atom. The molecule has 0 fully saturated rings. The molecule has 3 aromatic rings. The number of aryl methyl sites for hydroxylation is 3. The van der Waals surface area contributed by atoms with E-state index in [4.69, 9.17) is 0 Å². The molecule has 0 aliphatic heterocycles. The number of carbonyl (C=O) groups excluding carboxylic acids is 1. The van der Waals surface area contributed by atoms with E-state index in [1.165, 1.54) is 5.56 Å². The first-order valence-corrected chi connectivity index (χ1v) is 9.70. The molecule has 134 valence electrons. The molecule has 5 nitrogen and oxygen atoms in total. The minimum Gasteiger partial charge on any atom is -0.355 e. The van der Waals surface area contributed by atoms with Gasteiger partial charge in [-0.25, -0.2) is 4.98 Å². The fourth-order valence-corrected chi connectivity index (χ4v) is 4.72. The van der Waals surface area contributed by atoms with Crippen molar-refractivity contribution in [3.8, 4) is 0 Å². The number of aromatic amines is 1. The number of hydrogen-bond donors (Lipinski definition) is 2. The van der Waals surface area contributed by atoms with E-state index in [9.17, 15) is 9.59 Å². The zero-order valence-electron chi connectivity index (χ0n) is 14.9. The molecule has 2 N–H and O–H groups in total. The second-order valence-corrected chi connectivity index (χ2v) is 8.01. The van der Waals surface area contributed by atoms with Gasteiger partial charge in [0.2, 0.25) is 5.91 Å². The highest BCUT2D eigenvalue weighted by atomic mass is 32.1. The number of nitrogens with one attached hydrogen (secondary N) is 2. The highest BCUT2D eigenvalue weighted by Crippen LogP contribution is 2.32. The van der Waals surface area contributed by atoms with Gasteiger partial charge in [0.1, 0.15) is 10.7 Å². The van der Waals surface area contributed by atoms with Crippen LogP contribution < -0.4 is 10.9 Å². The molecule has 1 atom stereocenters. The van der Waals surface area contributed by atoms with E-state index in [-0.39, 0.29) is 17.4 Å². The van der Waals surface area contributed by atoms with Gasteiger partial charge in [0.15, 0.2) is 0 Å². The van der Waals surface area contributed by atoms with Gasteiger partial charge in [-0.15, -0.1) is 11.3 Å². The predicted molar refractivity (Wildman–Crippen MR) is 104 cm³/mol. The summed E-state index contributed by atoms with van der Waals surface area (Å²) in [5.74, 6) is 0.611. The first-order valence-electron chi connectivity index (χ1n) is 8.89. The van der Waals surface area contributed by atoms with Gasteiger partial charge in [0.25, 0.3) is 5.56 Å². The van der Waals surface area contributed by atoms with Crippen molar-refractivity contribution in [3.63, 3.8) is 0 Å². The summed E-state index contributed by atoms with van der Waals surface area (Å²) in [5, 5.41) is 3.68. The molecule has 0 saturated heterocycles. The van der Waals surface area contributed by atoms with Gasteiger partial charge >= 0.3 is 0 Å². The number of carbonyl (C=O) groups is 1. The molecule has 0 spiro atoms. The van der Waals surface area contributed by atoms with Crippen molar-refractivity contribution in [2.24, 2.45) is 0 Å². The number of thiophene rings is 1. The largest absolute Gasteiger partial charge is 0.355 e. The average Bonchev–Trinajstić information content (AvgIpc) is 3.16. The fraction of sp³-hybridized carbons (Fsp3) is 0.350. The van der Waals surface area contributed by atoms with E-state index in [0.717, 1.165) is 33.7 Å². The summed E-state index contributed by atoms with van der Waals surface area (Å²) in [6.45, 7) is 4.42. The van der Waals surface area contributed by atoms with Crippen LogP contribution in [0.2, 0.25) is 0 Å². The number of rotatable bonds is 4. The van der Waals surface area contributed by atoms with Crippen molar-refractivity contribution in [1.82, 2.24) is 15.3 Å². The summed E-state index contributed by atoms with van der Waals surface area (Å²) >= 11 is 1.54. The molecule has 1 unspecified atom stereocenters. The molecule has 0 bridgehead atoms. The topological polar surface area (TPSA) is 74.8 Å². The van der Waals surface area contributed by atoms with Crippen LogP contribution in [0.3, 0.4) is 0 Å². The summed E-state index contributed by atoms with van der Waals surface area (Å²) in [5.41, 5.74) is 3.32. The van der Waals surface area contributed by atoms with E-state index in [0.29, 0.717) is 24.2 Å². The molecule has 6 heteroatoms. The van der Waals surface area contributed by atoms with Gasteiger partial charge in [0, 0.05) is 17.8 Å². The summed E-state index contributed by atoms with van der Waals surface area (Å²) in [7, 11) is 0. The standard InChI is InChI=1S/C20H21N3O2S/c1-11-12(2)26-20-17(11)19(25)22-16(23-20)9-10-21-18(24)15-8-7-13-5-3-4-6-14(13)15/h3-6,15H,7-10H2,1-2H3,(H,21,24)(H,22,23,25). The molecule has 1 aromatic carbocycles. The van der Waals surface area contributed by atoms with Gasteiger partial charge in [0.05, 0.1) is 11.3 Å². The second-order valence-electron chi connectivity index (χ2n) is 6.81. The van der Waals surface area contributed by atoms with Crippen molar-refractivity contribution in [2.75, 3.05) is 6.54 Å². The Morgan fingerprint density at radius 2 is 2.15 bits per heavy atom. The van der Waals surface area contributed by atoms with Crippen LogP contribution in [0.15, 0.2) is 29.1 Å². The Labute approximate surface area is 155 Å². The number of amides is 1. The maximum atomic E-state index is 12.5. The molecule has 1 amide bonds. The number of hydrogen-bond acceptors (Lipinski definition) is 4. The van der Waals surface area contributed by atoms with Crippen LogP contribution in [0.1, 0.15) is 39.7 Å². The first kappa shape index (κ1) is 17.0. The molecule has 26 heavy (non-hydrogen) atoms. The Bertz CT molecular complexity index is 1050. The van der Waals surface area contributed by atoms with Gasteiger partial charge in [-0.1, -0.05) is 24.3 Å². The highest BCUT2D eigenvalue weighted by molar-refractivity contribution is 7.18. The van der Waals surface area contributed by atoms with Crippen LogP contribution >= 0.6 is 11.3 Å². The Balaban J connectivity index is 1.43. The van der Waals surface area contributed by atoms with Crippen molar-refractivity contribution in [3.05, 3.63) is 62.0 Å². The van der Waals surface area contributed by atoms with Crippen LogP contribution in [0.4, 0.5) is 0 Å². The molecule has 0 radical (unpaired) electrons. The molecular formula is C20H21N3O2S. The molecule has 4 rings (SSSR count). The lowest BCUT2D eigenvalue weighted by Gasteiger charge is -2.12. The second kappa shape index (κ2) is 6.68. The highest BCUT2D eigenvalue weighted by Gasteiger charge is 2.27. The van der Waals surface area contributed by atoms with Crippen LogP contribution in [-0.4, -0.2) is 22.4 Å². The van der Waals surface area contributed by atoms with E-state index >= 15 is 0 Å². The van der Waals surface area contributed by atoms with Gasteiger partial charge in [-0.3, -0.25) is 9.59 Å². The smallest absolute Gasteiger partial charge is 0.259 e. The monoisotopic (exact) mass is 367 g/mol. The van der Waals surface area contributed by atoms with E-state index in [2.05, 4.69) is 21.4 Å². The molecule has 1 aliphatic carbocycles. The third-order valence-electron chi connectivity index (χ3n) is 5.20. The summed E-state index contributed by atoms with van der Waals surface area (Å²) in [4.78, 5) is 34.1. The zero-order chi connectivity index (χ0) is 18.3. The van der Waals surface area contributed by atoms with Crippen molar-refractivity contribution < 1.29 is 4.79 Å². The normalized spacial score (nSPS) is 16.0. The molecule has 1 aliphatic rings. The Morgan fingerprint density at radius 3 is 3.00 bits per heavy atom. The van der Waals surface area contributed by atoms with E-state index in [1.54, 1.807) is 11.3 Å². The van der Waals surface area contributed by atoms with Crippen molar-refractivity contribution >= 4 is 27.5 Å². The number of nitrogens with zero attached hydrogens (tertiary/aromatic N) is 1. The van der Waals surface area contributed by atoms with Gasteiger partial charge < -0.3 is 10.3 Å². The minimum atomic E-state index is -0.0945. The first-order chi connectivity index (χ1) is 12.5. The van der Waals surface area contributed by atoms with E-state index < -0.39 is 0 Å². The van der Waals surface area contributed by atoms with Crippen LogP contribution in [-0.2, 0) is 17.6 Å². The molecule has 0 saturated carbocycles. The quantitative estimate of drug-likeness (QED) is 0.744. The van der Waals surface area contributed by atoms with Crippen molar-refractivity contribution in [1.29, 1.82) is 0 Å². The molecule has 2 aromatic heterocycles. The number of H-pyrrole nitrogens is 1. The lowest BCUT2D eigenvalue weighted by molar-refractivity contribution is -0.122. The number of fused-ring (bicyclic) bond motifs is 2. The Hall–Kier alpha value is -2.47. The van der Waals surface area contributed by atoms with Crippen LogP contribution in [0, 0.1) is 13.8 Å². The lowest BCUT2D eigenvalue weighted by atomic mass is 10.0. The SMILES string of the molecule is Cc1sc2nc(CCNC(=O)C3CCc4ccccc43)[nH]c(=O)c2c1C. The maximum absolute atomic E-state index is 12.5. The number of aromatic nitrogens is 2. The van der Waals surface area contributed by atoms with Crippen molar-refractivity contribution in [2.45, 2.75) is 39.0 Å². The summed E-state index contributed by atoms with van der Waals surface area (Å²) < 4.78 is 0. The Kier molecular flexibility index (Phi) is 4.36. The fourth-order valence-electron chi connectivity index (χ4n) is 3.67. The molecular weight excluding hydrogens is 346 g/mol. The summed E-state index contributed by atoms with van der Waals surface area (Å²) in [6.07, 6.45) is 2.33. The third-order valence-corrected chi connectivity index (χ3v) is 6.30.